The third kappa shape index (κ3) is 5.79. The molecule has 3 N–H and O–H groups in total. The minimum atomic E-state index is -1.04. The summed E-state index contributed by atoms with van der Waals surface area (Å²) in [6, 6.07) is 14.1. The molecule has 2 amide bonds. The Bertz CT molecular complexity index is 966. The topological polar surface area (TPSA) is 96.9 Å². The molecule has 0 aromatic heterocycles. The molecule has 0 radical (unpaired) electrons. The van der Waals surface area contributed by atoms with E-state index in [0.29, 0.717) is 23.4 Å². The number of ether oxygens (including phenoxy) is 2. The number of aliphatic hydroxyl groups is 1. The van der Waals surface area contributed by atoms with Gasteiger partial charge in [-0.2, -0.15) is 0 Å². The van der Waals surface area contributed by atoms with Gasteiger partial charge < -0.3 is 25.2 Å². The van der Waals surface area contributed by atoms with Gasteiger partial charge >= 0.3 is 6.09 Å². The third-order valence-electron chi connectivity index (χ3n) is 5.22. The van der Waals surface area contributed by atoms with E-state index in [2.05, 4.69) is 10.6 Å². The number of alkyl carbamates (subject to hydrolysis) is 1. The average molecular weight is 441 g/mol. The Morgan fingerprint density at radius 2 is 1.81 bits per heavy atom. The fraction of sp³-hybridized carbons (Fsp3) is 0.440. The SMILES string of the molecule is CC(C)(C)OC(=O)N[C@@H]1c2cc(C(=O)NCCc3ccccc3)ccc2OC(C)(C)[C@H]1O. The molecule has 3 rings (SSSR count). The zero-order chi connectivity index (χ0) is 23.5. The monoisotopic (exact) mass is 440 g/mol. The summed E-state index contributed by atoms with van der Waals surface area (Å²) in [6.45, 7) is 9.28. The second-order valence-electron chi connectivity index (χ2n) is 9.52. The fourth-order valence-corrected chi connectivity index (χ4v) is 3.60. The van der Waals surface area contributed by atoms with Gasteiger partial charge in [0.25, 0.3) is 5.91 Å². The van der Waals surface area contributed by atoms with Crippen LogP contribution >= 0.6 is 0 Å². The number of fused-ring (bicyclic) bond motifs is 1. The van der Waals surface area contributed by atoms with E-state index in [0.717, 1.165) is 12.0 Å². The minimum Gasteiger partial charge on any atom is -0.485 e. The molecule has 1 aliphatic rings. The number of amides is 2. The molecule has 0 fully saturated rings. The van der Waals surface area contributed by atoms with Crippen molar-refractivity contribution >= 4 is 12.0 Å². The molecule has 7 heteroatoms. The van der Waals surface area contributed by atoms with Crippen LogP contribution < -0.4 is 15.4 Å². The van der Waals surface area contributed by atoms with Crippen molar-refractivity contribution in [3.8, 4) is 5.75 Å². The summed E-state index contributed by atoms with van der Waals surface area (Å²) in [7, 11) is 0. The van der Waals surface area contributed by atoms with Gasteiger partial charge in [0, 0.05) is 17.7 Å². The summed E-state index contributed by atoms with van der Waals surface area (Å²) in [5.41, 5.74) is 0.464. The van der Waals surface area contributed by atoms with Gasteiger partial charge in [0.05, 0.1) is 6.04 Å². The number of carbonyl (C=O) groups excluding carboxylic acids is 2. The zero-order valence-corrected chi connectivity index (χ0v) is 19.3. The largest absolute Gasteiger partial charge is 0.485 e. The maximum absolute atomic E-state index is 12.7. The molecule has 2 aromatic carbocycles. The zero-order valence-electron chi connectivity index (χ0n) is 19.3. The Labute approximate surface area is 189 Å². The van der Waals surface area contributed by atoms with Crippen LogP contribution in [0.2, 0.25) is 0 Å². The van der Waals surface area contributed by atoms with Crippen LogP contribution in [-0.2, 0) is 11.2 Å². The Morgan fingerprint density at radius 1 is 1.12 bits per heavy atom. The van der Waals surface area contributed by atoms with E-state index in [-0.39, 0.29) is 5.91 Å². The van der Waals surface area contributed by atoms with Crippen LogP contribution in [0.1, 0.15) is 62.1 Å². The molecule has 2 atom stereocenters. The number of carbonyl (C=O) groups is 2. The van der Waals surface area contributed by atoms with E-state index in [1.54, 1.807) is 52.8 Å². The first-order valence-electron chi connectivity index (χ1n) is 10.8. The molecule has 172 valence electrons. The van der Waals surface area contributed by atoms with Gasteiger partial charge in [-0.1, -0.05) is 30.3 Å². The van der Waals surface area contributed by atoms with Crippen molar-refractivity contribution in [1.82, 2.24) is 10.6 Å². The quantitative estimate of drug-likeness (QED) is 0.658. The first-order chi connectivity index (χ1) is 15.0. The van der Waals surface area contributed by atoms with Gasteiger partial charge in [0.1, 0.15) is 23.1 Å². The first kappa shape index (κ1) is 23.6. The summed E-state index contributed by atoms with van der Waals surface area (Å²) in [4.78, 5) is 25.1. The lowest BCUT2D eigenvalue weighted by atomic mass is 9.86. The normalized spacial score (nSPS) is 19.3. The van der Waals surface area contributed by atoms with Crippen LogP contribution in [0.15, 0.2) is 48.5 Å². The molecular weight excluding hydrogens is 408 g/mol. The maximum Gasteiger partial charge on any atom is 0.408 e. The smallest absolute Gasteiger partial charge is 0.408 e. The van der Waals surface area contributed by atoms with Crippen LogP contribution in [0, 0.1) is 0 Å². The molecule has 7 nitrogen and oxygen atoms in total. The summed E-state index contributed by atoms with van der Waals surface area (Å²) < 4.78 is 11.3. The summed E-state index contributed by atoms with van der Waals surface area (Å²) in [5, 5.41) is 16.6. The van der Waals surface area contributed by atoms with Crippen LogP contribution in [-0.4, -0.2) is 41.0 Å². The predicted octanol–water partition coefficient (Wildman–Crippen LogP) is 3.76. The van der Waals surface area contributed by atoms with Crippen LogP contribution in [0.4, 0.5) is 4.79 Å². The highest BCUT2D eigenvalue weighted by atomic mass is 16.6. The van der Waals surface area contributed by atoms with Gasteiger partial charge in [-0.15, -0.1) is 0 Å². The van der Waals surface area contributed by atoms with Crippen LogP contribution in [0.25, 0.3) is 0 Å². The molecule has 0 spiro atoms. The number of aliphatic hydroxyl groups excluding tert-OH is 1. The molecule has 0 saturated heterocycles. The standard InChI is InChI=1S/C25H32N2O5/c1-24(2,3)32-23(30)27-20-18-15-17(11-12-19(18)31-25(4,5)21(20)28)22(29)26-14-13-16-9-7-6-8-10-16/h6-12,15,20-21,28H,13-14H2,1-5H3,(H,26,29)(H,27,30)/t20-,21+/m1/s1. The molecule has 1 heterocycles. The van der Waals surface area contributed by atoms with Crippen molar-refractivity contribution in [3.63, 3.8) is 0 Å². The molecule has 32 heavy (non-hydrogen) atoms. The predicted molar refractivity (Wildman–Crippen MR) is 122 cm³/mol. The number of hydrogen-bond donors (Lipinski definition) is 3. The Balaban J connectivity index is 1.77. The summed E-state index contributed by atoms with van der Waals surface area (Å²) in [5.74, 6) is 0.265. The highest BCUT2D eigenvalue weighted by Gasteiger charge is 2.44. The first-order valence-corrected chi connectivity index (χ1v) is 10.8. The van der Waals surface area contributed by atoms with E-state index in [9.17, 15) is 14.7 Å². The molecule has 0 bridgehead atoms. The van der Waals surface area contributed by atoms with Crippen LogP contribution in [0.5, 0.6) is 5.75 Å². The van der Waals surface area contributed by atoms with Crippen molar-refractivity contribution in [2.75, 3.05) is 6.54 Å². The molecule has 0 saturated carbocycles. The molecule has 0 unspecified atom stereocenters. The lowest BCUT2D eigenvalue weighted by molar-refractivity contribution is -0.0653. The summed E-state index contributed by atoms with van der Waals surface area (Å²) in [6.07, 6.45) is -0.974. The minimum absolute atomic E-state index is 0.237. The fourth-order valence-electron chi connectivity index (χ4n) is 3.60. The third-order valence-corrected chi connectivity index (χ3v) is 5.22. The molecule has 1 aliphatic heterocycles. The lowest BCUT2D eigenvalue weighted by Gasteiger charge is -2.42. The maximum atomic E-state index is 12.7. The van der Waals surface area contributed by atoms with E-state index >= 15 is 0 Å². The Kier molecular flexibility index (Phi) is 6.79. The molecule has 0 aliphatic carbocycles. The van der Waals surface area contributed by atoms with Crippen molar-refractivity contribution < 1.29 is 24.2 Å². The second kappa shape index (κ2) is 9.20. The Morgan fingerprint density at radius 3 is 2.47 bits per heavy atom. The summed E-state index contributed by atoms with van der Waals surface area (Å²) >= 11 is 0. The van der Waals surface area contributed by atoms with Crippen LogP contribution in [0.3, 0.4) is 0 Å². The lowest BCUT2D eigenvalue weighted by Crippen LogP contribution is -2.54. The average Bonchev–Trinajstić information content (AvgIpc) is 2.70. The Hall–Kier alpha value is -3.06. The van der Waals surface area contributed by atoms with Gasteiger partial charge in [0.2, 0.25) is 0 Å². The van der Waals surface area contributed by atoms with E-state index < -0.39 is 29.4 Å². The molecular formula is C25H32N2O5. The van der Waals surface area contributed by atoms with Gasteiger partial charge in [-0.05, 0) is 64.8 Å². The van der Waals surface area contributed by atoms with Gasteiger partial charge in [-0.25, -0.2) is 4.79 Å². The van der Waals surface area contributed by atoms with Gasteiger partial charge in [0.15, 0.2) is 0 Å². The van der Waals surface area contributed by atoms with E-state index in [1.165, 1.54) is 0 Å². The number of nitrogens with one attached hydrogen (secondary N) is 2. The van der Waals surface area contributed by atoms with E-state index in [4.69, 9.17) is 9.47 Å². The number of rotatable bonds is 5. The van der Waals surface area contributed by atoms with Crippen molar-refractivity contribution in [1.29, 1.82) is 0 Å². The molecule has 2 aromatic rings. The van der Waals surface area contributed by atoms with Crippen molar-refractivity contribution in [3.05, 3.63) is 65.2 Å². The highest BCUT2D eigenvalue weighted by molar-refractivity contribution is 5.94. The van der Waals surface area contributed by atoms with Crippen molar-refractivity contribution in [2.24, 2.45) is 0 Å². The van der Waals surface area contributed by atoms with Gasteiger partial charge in [-0.3, -0.25) is 4.79 Å². The number of benzene rings is 2. The van der Waals surface area contributed by atoms with E-state index in [1.807, 2.05) is 30.3 Å². The highest BCUT2D eigenvalue weighted by Crippen LogP contribution is 2.40. The second-order valence-corrected chi connectivity index (χ2v) is 9.52. The van der Waals surface area contributed by atoms with Crippen molar-refractivity contribution in [2.45, 2.75) is 64.4 Å². The number of hydrogen-bond acceptors (Lipinski definition) is 5.